The molecule has 1 aromatic heterocycles. The number of nitrogens with zero attached hydrogens (tertiary/aromatic N) is 3. The number of benzene rings is 1. The molecule has 2 saturated heterocycles. The van der Waals surface area contributed by atoms with Gasteiger partial charge in [0.2, 0.25) is 5.91 Å². The number of aromatic nitrogens is 1. The van der Waals surface area contributed by atoms with Gasteiger partial charge in [-0.25, -0.2) is 0 Å². The highest BCUT2D eigenvalue weighted by atomic mass is 16.3. The average molecular weight is 405 g/mol. The summed E-state index contributed by atoms with van der Waals surface area (Å²) in [4.78, 5) is 34.2. The second-order valence-electron chi connectivity index (χ2n) is 8.83. The first-order valence-corrected chi connectivity index (χ1v) is 10.8. The highest BCUT2D eigenvalue weighted by Gasteiger charge is 2.68. The van der Waals surface area contributed by atoms with Crippen molar-refractivity contribution in [3.63, 3.8) is 0 Å². The van der Waals surface area contributed by atoms with Crippen molar-refractivity contribution in [2.24, 2.45) is 5.92 Å². The van der Waals surface area contributed by atoms with Crippen LogP contribution in [-0.4, -0.2) is 63.0 Å². The van der Waals surface area contributed by atoms with E-state index in [1.54, 1.807) is 24.5 Å². The van der Waals surface area contributed by atoms with Crippen LogP contribution in [0.3, 0.4) is 0 Å². The molecule has 2 aromatic rings. The van der Waals surface area contributed by atoms with E-state index in [4.69, 9.17) is 0 Å². The molecule has 2 amide bonds. The number of aliphatic hydroxyl groups excluding tert-OH is 1. The summed E-state index contributed by atoms with van der Waals surface area (Å²) in [5, 5.41) is 10.2. The molecule has 1 aliphatic carbocycles. The van der Waals surface area contributed by atoms with Crippen molar-refractivity contribution in [1.29, 1.82) is 0 Å². The second-order valence-corrected chi connectivity index (χ2v) is 8.83. The Hall–Kier alpha value is -2.73. The summed E-state index contributed by atoms with van der Waals surface area (Å²) in [6.45, 7) is 0.957. The van der Waals surface area contributed by atoms with E-state index >= 15 is 0 Å². The maximum atomic E-state index is 13.4. The van der Waals surface area contributed by atoms with Crippen LogP contribution in [0.15, 0.2) is 54.9 Å². The van der Waals surface area contributed by atoms with Crippen molar-refractivity contribution in [3.05, 3.63) is 66.0 Å². The summed E-state index contributed by atoms with van der Waals surface area (Å²) >= 11 is 0. The summed E-state index contributed by atoms with van der Waals surface area (Å²) in [5.41, 5.74) is 1.16. The van der Waals surface area contributed by atoms with E-state index < -0.39 is 5.54 Å². The third kappa shape index (κ3) is 2.85. The zero-order chi connectivity index (χ0) is 20.7. The standard InChI is InChI=1S/C24H27N3O3/c28-14-20-21(17-7-2-1-3-8-17)24(27(20)23(30)19-11-6-12-25-13-19)15-26(16-24)22(29)18-9-4-5-10-18/h1-3,6-8,11-13,18,20-21,28H,4-5,9-10,14-16H2/t20-,21+/m0/s1. The van der Waals surface area contributed by atoms with Crippen LogP contribution in [0.2, 0.25) is 0 Å². The molecule has 5 rings (SSSR count). The molecular weight excluding hydrogens is 378 g/mol. The summed E-state index contributed by atoms with van der Waals surface area (Å²) in [6.07, 6.45) is 7.41. The number of carbonyl (C=O) groups excluding carboxylic acids is 2. The maximum Gasteiger partial charge on any atom is 0.256 e. The third-order valence-electron chi connectivity index (χ3n) is 7.19. The Morgan fingerprint density at radius 2 is 1.80 bits per heavy atom. The molecule has 156 valence electrons. The Balaban J connectivity index is 1.45. The first-order valence-electron chi connectivity index (χ1n) is 10.8. The lowest BCUT2D eigenvalue weighted by Gasteiger charge is -2.70. The van der Waals surface area contributed by atoms with E-state index in [1.165, 1.54) is 0 Å². The molecule has 0 unspecified atom stereocenters. The molecule has 6 nitrogen and oxygen atoms in total. The molecule has 2 atom stereocenters. The van der Waals surface area contributed by atoms with Gasteiger partial charge in [-0.15, -0.1) is 0 Å². The van der Waals surface area contributed by atoms with Crippen LogP contribution < -0.4 is 0 Å². The second kappa shape index (κ2) is 7.51. The number of carbonyl (C=O) groups is 2. The van der Waals surface area contributed by atoms with Crippen molar-refractivity contribution in [2.75, 3.05) is 19.7 Å². The molecule has 3 aliphatic rings. The normalized spacial score (nSPS) is 25.1. The van der Waals surface area contributed by atoms with Crippen LogP contribution in [0.1, 0.15) is 47.5 Å². The number of rotatable bonds is 4. The van der Waals surface area contributed by atoms with Crippen molar-refractivity contribution >= 4 is 11.8 Å². The van der Waals surface area contributed by atoms with Gasteiger partial charge in [0.25, 0.3) is 5.91 Å². The molecule has 1 aromatic carbocycles. The molecule has 1 spiro atoms. The van der Waals surface area contributed by atoms with E-state index in [9.17, 15) is 14.7 Å². The first-order chi connectivity index (χ1) is 14.7. The first kappa shape index (κ1) is 19.2. The summed E-state index contributed by atoms with van der Waals surface area (Å²) < 4.78 is 0. The molecule has 2 aliphatic heterocycles. The largest absolute Gasteiger partial charge is 0.394 e. The SMILES string of the molecule is O=C(C1CCCC1)N1CC2(C1)[C@H](c1ccccc1)[C@H](CO)N2C(=O)c1cccnc1. The molecule has 0 radical (unpaired) electrons. The minimum Gasteiger partial charge on any atom is -0.394 e. The van der Waals surface area contributed by atoms with Crippen molar-refractivity contribution in [3.8, 4) is 0 Å². The molecule has 30 heavy (non-hydrogen) atoms. The number of pyridine rings is 1. The quantitative estimate of drug-likeness (QED) is 0.848. The molecule has 3 fully saturated rings. The average Bonchev–Trinajstić information content (AvgIpc) is 3.28. The lowest BCUT2D eigenvalue weighted by atomic mass is 9.60. The Bertz CT molecular complexity index is 921. The van der Waals surface area contributed by atoms with Gasteiger partial charge in [0.1, 0.15) is 0 Å². The van der Waals surface area contributed by atoms with Gasteiger partial charge in [-0.2, -0.15) is 0 Å². The molecule has 1 saturated carbocycles. The predicted octanol–water partition coefficient (Wildman–Crippen LogP) is 2.45. The van der Waals surface area contributed by atoms with Crippen LogP contribution in [0.5, 0.6) is 0 Å². The lowest BCUT2D eigenvalue weighted by molar-refractivity contribution is -0.181. The van der Waals surface area contributed by atoms with Crippen LogP contribution in [0, 0.1) is 5.92 Å². The summed E-state index contributed by atoms with van der Waals surface area (Å²) in [7, 11) is 0. The molecule has 0 bridgehead atoms. The van der Waals surface area contributed by atoms with Gasteiger partial charge in [0, 0.05) is 37.3 Å². The maximum absolute atomic E-state index is 13.4. The number of aliphatic hydroxyl groups is 1. The summed E-state index contributed by atoms with van der Waals surface area (Å²) in [5.74, 6) is 0.249. The Kier molecular flexibility index (Phi) is 4.82. The fourth-order valence-corrected chi connectivity index (χ4v) is 5.82. The van der Waals surface area contributed by atoms with Gasteiger partial charge in [0.15, 0.2) is 0 Å². The topological polar surface area (TPSA) is 73.7 Å². The van der Waals surface area contributed by atoms with Gasteiger partial charge in [-0.3, -0.25) is 14.6 Å². The van der Waals surface area contributed by atoms with Gasteiger partial charge in [0.05, 0.1) is 23.8 Å². The molecule has 3 heterocycles. The third-order valence-corrected chi connectivity index (χ3v) is 7.19. The minimum absolute atomic E-state index is 0.0111. The molecular formula is C24H27N3O3. The van der Waals surface area contributed by atoms with Crippen LogP contribution in [0.25, 0.3) is 0 Å². The highest BCUT2D eigenvalue weighted by Crippen LogP contribution is 2.54. The Morgan fingerprint density at radius 3 is 2.43 bits per heavy atom. The Labute approximate surface area is 176 Å². The van der Waals surface area contributed by atoms with Gasteiger partial charge >= 0.3 is 0 Å². The van der Waals surface area contributed by atoms with E-state index in [-0.39, 0.29) is 36.3 Å². The van der Waals surface area contributed by atoms with E-state index in [0.717, 1.165) is 31.2 Å². The monoisotopic (exact) mass is 405 g/mol. The highest BCUT2D eigenvalue weighted by molar-refractivity contribution is 5.96. The number of amides is 2. The van der Waals surface area contributed by atoms with Crippen LogP contribution in [-0.2, 0) is 4.79 Å². The van der Waals surface area contributed by atoms with E-state index in [0.29, 0.717) is 18.7 Å². The van der Waals surface area contributed by atoms with Crippen molar-refractivity contribution in [1.82, 2.24) is 14.8 Å². The van der Waals surface area contributed by atoms with Gasteiger partial charge in [-0.05, 0) is 30.5 Å². The van der Waals surface area contributed by atoms with Crippen LogP contribution >= 0.6 is 0 Å². The van der Waals surface area contributed by atoms with Crippen LogP contribution in [0.4, 0.5) is 0 Å². The number of hydrogen-bond acceptors (Lipinski definition) is 4. The fourth-order valence-electron chi connectivity index (χ4n) is 5.82. The fraction of sp³-hybridized carbons (Fsp3) is 0.458. The Morgan fingerprint density at radius 1 is 1.07 bits per heavy atom. The lowest BCUT2D eigenvalue weighted by Crippen LogP contribution is -2.86. The van der Waals surface area contributed by atoms with Gasteiger partial charge < -0.3 is 14.9 Å². The summed E-state index contributed by atoms with van der Waals surface area (Å²) in [6, 6.07) is 13.3. The van der Waals surface area contributed by atoms with E-state index in [2.05, 4.69) is 17.1 Å². The molecule has 6 heteroatoms. The predicted molar refractivity (Wildman–Crippen MR) is 112 cm³/mol. The zero-order valence-corrected chi connectivity index (χ0v) is 17.0. The van der Waals surface area contributed by atoms with Gasteiger partial charge in [-0.1, -0.05) is 43.2 Å². The smallest absolute Gasteiger partial charge is 0.256 e. The van der Waals surface area contributed by atoms with E-state index in [1.807, 2.05) is 28.0 Å². The molecule has 1 N–H and O–H groups in total. The number of hydrogen-bond donors (Lipinski definition) is 1. The minimum atomic E-state index is -0.462. The van der Waals surface area contributed by atoms with Crippen molar-refractivity contribution in [2.45, 2.75) is 43.2 Å². The van der Waals surface area contributed by atoms with Crippen molar-refractivity contribution < 1.29 is 14.7 Å². The number of likely N-dealkylation sites (tertiary alicyclic amines) is 2. The zero-order valence-electron chi connectivity index (χ0n) is 17.0.